The lowest BCUT2D eigenvalue weighted by molar-refractivity contribution is 0.155. The van der Waals surface area contributed by atoms with E-state index in [1.807, 2.05) is 78.9 Å². The van der Waals surface area contributed by atoms with Gasteiger partial charge < -0.3 is 4.74 Å². The molecule has 4 aromatic rings. The van der Waals surface area contributed by atoms with E-state index in [1.165, 1.54) is 0 Å². The summed E-state index contributed by atoms with van der Waals surface area (Å²) in [6.45, 7) is 0.185. The molecule has 0 saturated heterocycles. The Morgan fingerprint density at radius 1 is 0.840 bits per heavy atom. The highest BCUT2D eigenvalue weighted by Crippen LogP contribution is 2.19. The summed E-state index contributed by atoms with van der Waals surface area (Å²) in [6, 6.07) is 28.9. The molecule has 0 heterocycles. The zero-order valence-electron chi connectivity index (χ0n) is 13.5. The molecule has 0 fully saturated rings. The average molecular weight is 326 g/mol. The number of fused-ring (bicyclic) bond motifs is 2. The SMILES string of the molecule is O=C(Nc1ccc2ccccc2c1)OCc1[c]cc2ccccc2c1. The lowest BCUT2D eigenvalue weighted by Crippen LogP contribution is -2.13. The van der Waals surface area contributed by atoms with E-state index in [0.717, 1.165) is 27.1 Å². The van der Waals surface area contributed by atoms with Gasteiger partial charge in [0.25, 0.3) is 0 Å². The Kier molecular flexibility index (Phi) is 4.05. The number of carbonyl (C=O) groups excluding carboxylic acids is 1. The molecular weight excluding hydrogens is 310 g/mol. The second-order valence-electron chi connectivity index (χ2n) is 5.85. The highest BCUT2D eigenvalue weighted by Gasteiger charge is 2.05. The molecule has 0 aliphatic rings. The lowest BCUT2D eigenvalue weighted by atomic mass is 10.1. The minimum absolute atomic E-state index is 0.185. The van der Waals surface area contributed by atoms with Gasteiger partial charge in [-0.2, -0.15) is 0 Å². The summed E-state index contributed by atoms with van der Waals surface area (Å²) in [6.07, 6.45) is -0.475. The second-order valence-corrected chi connectivity index (χ2v) is 5.85. The maximum absolute atomic E-state index is 12.0. The number of anilines is 1. The minimum Gasteiger partial charge on any atom is -0.444 e. The summed E-state index contributed by atoms with van der Waals surface area (Å²) in [5, 5.41) is 7.19. The Morgan fingerprint density at radius 2 is 1.52 bits per heavy atom. The van der Waals surface area contributed by atoms with Crippen molar-refractivity contribution >= 4 is 33.3 Å². The summed E-state index contributed by atoms with van der Waals surface area (Å²) in [5.74, 6) is 0. The third-order valence-electron chi connectivity index (χ3n) is 4.09. The molecule has 0 saturated carbocycles. The molecule has 1 N–H and O–H groups in total. The van der Waals surface area contributed by atoms with Crippen molar-refractivity contribution in [3.63, 3.8) is 0 Å². The Hall–Kier alpha value is -3.33. The predicted molar refractivity (Wildman–Crippen MR) is 101 cm³/mol. The van der Waals surface area contributed by atoms with E-state index in [9.17, 15) is 4.79 Å². The Morgan fingerprint density at radius 3 is 2.32 bits per heavy atom. The summed E-state index contributed by atoms with van der Waals surface area (Å²) in [7, 11) is 0. The number of benzene rings is 4. The van der Waals surface area contributed by atoms with Crippen molar-refractivity contribution in [3.05, 3.63) is 90.5 Å². The molecule has 0 aromatic heterocycles. The van der Waals surface area contributed by atoms with Crippen molar-refractivity contribution in [1.29, 1.82) is 0 Å². The van der Waals surface area contributed by atoms with Crippen LogP contribution in [0.25, 0.3) is 21.5 Å². The third kappa shape index (κ3) is 3.45. The minimum atomic E-state index is -0.475. The number of rotatable bonds is 3. The normalized spacial score (nSPS) is 10.7. The zero-order chi connectivity index (χ0) is 17.1. The van der Waals surface area contributed by atoms with Gasteiger partial charge in [-0.3, -0.25) is 5.32 Å². The van der Waals surface area contributed by atoms with Crippen LogP contribution in [-0.4, -0.2) is 6.09 Å². The number of nitrogens with one attached hydrogen (secondary N) is 1. The Bertz CT molecular complexity index is 1060. The molecule has 0 spiro atoms. The number of carbonyl (C=O) groups is 1. The fourth-order valence-electron chi connectivity index (χ4n) is 2.82. The molecule has 4 rings (SSSR count). The Labute approximate surface area is 145 Å². The van der Waals surface area contributed by atoms with Gasteiger partial charge >= 0.3 is 6.09 Å². The molecule has 0 atom stereocenters. The number of hydrogen-bond donors (Lipinski definition) is 1. The zero-order valence-corrected chi connectivity index (χ0v) is 13.5. The van der Waals surface area contributed by atoms with Crippen molar-refractivity contribution in [3.8, 4) is 0 Å². The predicted octanol–water partition coefficient (Wildman–Crippen LogP) is 5.54. The van der Waals surface area contributed by atoms with Gasteiger partial charge in [-0.25, -0.2) is 4.79 Å². The first kappa shape index (κ1) is 15.2. The van der Waals surface area contributed by atoms with Gasteiger partial charge in [0.15, 0.2) is 0 Å². The molecule has 25 heavy (non-hydrogen) atoms. The van der Waals surface area contributed by atoms with Crippen LogP contribution in [0.3, 0.4) is 0 Å². The fourth-order valence-corrected chi connectivity index (χ4v) is 2.82. The second kappa shape index (κ2) is 6.65. The van der Waals surface area contributed by atoms with Crippen LogP contribution in [0, 0.1) is 6.07 Å². The van der Waals surface area contributed by atoms with Gasteiger partial charge in [-0.05, 0) is 57.4 Å². The van der Waals surface area contributed by atoms with E-state index < -0.39 is 6.09 Å². The van der Waals surface area contributed by atoms with E-state index in [2.05, 4.69) is 11.4 Å². The van der Waals surface area contributed by atoms with Crippen LogP contribution in [0.15, 0.2) is 78.9 Å². The highest BCUT2D eigenvalue weighted by molar-refractivity contribution is 5.91. The molecule has 4 aromatic carbocycles. The molecule has 0 aliphatic carbocycles. The number of amides is 1. The first-order valence-corrected chi connectivity index (χ1v) is 8.10. The lowest BCUT2D eigenvalue weighted by Gasteiger charge is -2.08. The standard InChI is InChI=1S/C22H16NO2/c24-22(23-21-12-11-18-6-2-4-8-20(18)14-21)25-15-16-9-10-17-5-1-3-7-19(17)13-16/h1-8,10-14H,15H2,(H,23,24). The maximum atomic E-state index is 12.0. The van der Waals surface area contributed by atoms with E-state index >= 15 is 0 Å². The molecular formula is C22H16NO2. The van der Waals surface area contributed by atoms with Crippen LogP contribution in [0.2, 0.25) is 0 Å². The molecule has 0 unspecified atom stereocenters. The van der Waals surface area contributed by atoms with E-state index in [4.69, 9.17) is 4.74 Å². The smallest absolute Gasteiger partial charge is 0.411 e. The first-order valence-electron chi connectivity index (χ1n) is 8.10. The van der Waals surface area contributed by atoms with Crippen molar-refractivity contribution in [1.82, 2.24) is 0 Å². The van der Waals surface area contributed by atoms with Gasteiger partial charge in [-0.15, -0.1) is 0 Å². The first-order chi connectivity index (χ1) is 12.3. The maximum Gasteiger partial charge on any atom is 0.411 e. The molecule has 1 radical (unpaired) electrons. The van der Waals surface area contributed by atoms with Crippen molar-refractivity contribution < 1.29 is 9.53 Å². The van der Waals surface area contributed by atoms with Gasteiger partial charge in [0.2, 0.25) is 0 Å². The summed E-state index contributed by atoms with van der Waals surface area (Å²) >= 11 is 0. The highest BCUT2D eigenvalue weighted by atomic mass is 16.5. The van der Waals surface area contributed by atoms with Gasteiger partial charge in [-0.1, -0.05) is 54.6 Å². The third-order valence-corrected chi connectivity index (χ3v) is 4.09. The van der Waals surface area contributed by atoms with Crippen molar-refractivity contribution in [2.24, 2.45) is 0 Å². The van der Waals surface area contributed by atoms with Gasteiger partial charge in [0.05, 0.1) is 0 Å². The largest absolute Gasteiger partial charge is 0.444 e. The summed E-state index contributed by atoms with van der Waals surface area (Å²) in [4.78, 5) is 12.0. The van der Waals surface area contributed by atoms with Crippen LogP contribution >= 0.6 is 0 Å². The Balaban J connectivity index is 1.42. The summed E-state index contributed by atoms with van der Waals surface area (Å²) in [5.41, 5.74) is 1.55. The van der Waals surface area contributed by atoms with Crippen molar-refractivity contribution in [2.45, 2.75) is 6.61 Å². The van der Waals surface area contributed by atoms with Crippen LogP contribution in [0.1, 0.15) is 5.56 Å². The van der Waals surface area contributed by atoms with Gasteiger partial charge in [0.1, 0.15) is 6.61 Å². The van der Waals surface area contributed by atoms with Crippen LogP contribution in [0.4, 0.5) is 10.5 Å². The molecule has 0 aliphatic heterocycles. The van der Waals surface area contributed by atoms with E-state index in [0.29, 0.717) is 5.69 Å². The van der Waals surface area contributed by atoms with E-state index in [-0.39, 0.29) is 6.61 Å². The number of ether oxygens (including phenoxy) is 1. The molecule has 1 amide bonds. The van der Waals surface area contributed by atoms with Crippen molar-refractivity contribution in [2.75, 3.05) is 5.32 Å². The fraction of sp³-hybridized carbons (Fsp3) is 0.0455. The average Bonchev–Trinajstić information content (AvgIpc) is 2.66. The van der Waals surface area contributed by atoms with Crippen LogP contribution < -0.4 is 5.32 Å². The van der Waals surface area contributed by atoms with Crippen LogP contribution in [0.5, 0.6) is 0 Å². The number of hydrogen-bond acceptors (Lipinski definition) is 2. The van der Waals surface area contributed by atoms with Crippen LogP contribution in [-0.2, 0) is 11.3 Å². The quantitative estimate of drug-likeness (QED) is 0.536. The van der Waals surface area contributed by atoms with Gasteiger partial charge in [0, 0.05) is 5.69 Å². The molecule has 3 heteroatoms. The monoisotopic (exact) mass is 326 g/mol. The molecule has 3 nitrogen and oxygen atoms in total. The topological polar surface area (TPSA) is 38.3 Å². The molecule has 121 valence electrons. The summed E-state index contributed by atoms with van der Waals surface area (Å²) < 4.78 is 5.31. The van der Waals surface area contributed by atoms with E-state index in [1.54, 1.807) is 0 Å². The molecule has 0 bridgehead atoms.